The zero-order valence-corrected chi connectivity index (χ0v) is 14.8. The molecule has 2 rings (SSSR count). The Labute approximate surface area is 150 Å². The van der Waals surface area contributed by atoms with E-state index in [1.807, 2.05) is 6.92 Å². The molecule has 25 heavy (non-hydrogen) atoms. The molecule has 0 radical (unpaired) electrons. The number of carbonyl (C=O) groups excluding carboxylic acids is 1. The molecule has 0 fully saturated rings. The number of carbonyl (C=O) groups is 1. The molecule has 0 unspecified atom stereocenters. The van der Waals surface area contributed by atoms with Crippen molar-refractivity contribution in [3.8, 4) is 5.75 Å². The summed E-state index contributed by atoms with van der Waals surface area (Å²) in [6.07, 6.45) is -0.118. The van der Waals surface area contributed by atoms with E-state index in [-0.39, 0.29) is 17.5 Å². The summed E-state index contributed by atoms with van der Waals surface area (Å²) in [5.41, 5.74) is 0.657. The van der Waals surface area contributed by atoms with Gasteiger partial charge in [-0.25, -0.2) is 8.78 Å². The minimum Gasteiger partial charge on any atom is -0.481 e. The zero-order valence-electron chi connectivity index (χ0n) is 14.0. The molecular weight excluding hydrogens is 344 g/mol. The van der Waals surface area contributed by atoms with Crippen molar-refractivity contribution in [2.24, 2.45) is 0 Å². The minimum atomic E-state index is -0.623. The van der Waals surface area contributed by atoms with Crippen LogP contribution >= 0.6 is 11.8 Å². The minimum absolute atomic E-state index is 0.210. The molecule has 0 aliphatic carbocycles. The highest BCUT2D eigenvalue weighted by atomic mass is 32.2. The van der Waals surface area contributed by atoms with Crippen LogP contribution in [0.15, 0.2) is 48.5 Å². The maximum atomic E-state index is 13.5. The molecule has 0 saturated heterocycles. The van der Waals surface area contributed by atoms with Crippen molar-refractivity contribution in [1.82, 2.24) is 5.32 Å². The molecule has 1 N–H and O–H groups in total. The summed E-state index contributed by atoms with van der Waals surface area (Å²) in [6.45, 7) is 2.32. The second-order valence-corrected chi connectivity index (χ2v) is 6.51. The number of amides is 1. The van der Waals surface area contributed by atoms with Crippen LogP contribution in [0.25, 0.3) is 0 Å². The van der Waals surface area contributed by atoms with E-state index in [2.05, 4.69) is 5.32 Å². The van der Waals surface area contributed by atoms with E-state index in [1.54, 1.807) is 30.0 Å². The Morgan fingerprint density at radius 3 is 2.56 bits per heavy atom. The zero-order chi connectivity index (χ0) is 18.1. The number of halogens is 2. The lowest BCUT2D eigenvalue weighted by molar-refractivity contribution is -0.127. The number of hydrogen-bond donors (Lipinski definition) is 1. The van der Waals surface area contributed by atoms with Gasteiger partial charge < -0.3 is 10.1 Å². The van der Waals surface area contributed by atoms with Crippen molar-refractivity contribution in [3.05, 3.63) is 65.7 Å². The van der Waals surface area contributed by atoms with Gasteiger partial charge in [0.1, 0.15) is 17.4 Å². The standard InChI is InChI=1S/C19H21F2NO2S/c1-2-18(24-16-9-7-15(20)8-10-16)19(23)22-11-12-25-13-14-5-3-4-6-17(14)21/h3-10,18H,2,11-13H2,1H3,(H,22,23)/t18-/m1/s1. The largest absolute Gasteiger partial charge is 0.481 e. The van der Waals surface area contributed by atoms with Crippen LogP contribution in [0, 0.1) is 11.6 Å². The van der Waals surface area contributed by atoms with Gasteiger partial charge in [0.15, 0.2) is 6.10 Å². The molecule has 3 nitrogen and oxygen atoms in total. The summed E-state index contributed by atoms with van der Waals surface area (Å²) in [5.74, 6) is 0.920. The Hall–Kier alpha value is -2.08. The summed E-state index contributed by atoms with van der Waals surface area (Å²) in [5, 5.41) is 2.81. The van der Waals surface area contributed by atoms with Crippen molar-refractivity contribution in [2.45, 2.75) is 25.2 Å². The van der Waals surface area contributed by atoms with Gasteiger partial charge in [0.25, 0.3) is 5.91 Å². The highest BCUT2D eigenvalue weighted by molar-refractivity contribution is 7.98. The molecule has 2 aromatic rings. The molecule has 0 saturated carbocycles. The number of benzene rings is 2. The van der Waals surface area contributed by atoms with E-state index in [9.17, 15) is 13.6 Å². The van der Waals surface area contributed by atoms with E-state index >= 15 is 0 Å². The van der Waals surface area contributed by atoms with Crippen LogP contribution in [0.3, 0.4) is 0 Å². The van der Waals surface area contributed by atoms with Crippen molar-refractivity contribution in [3.63, 3.8) is 0 Å². The van der Waals surface area contributed by atoms with Crippen molar-refractivity contribution >= 4 is 17.7 Å². The summed E-state index contributed by atoms with van der Waals surface area (Å²) in [6, 6.07) is 12.2. The monoisotopic (exact) mass is 365 g/mol. The van der Waals surface area contributed by atoms with E-state index in [4.69, 9.17) is 4.74 Å². The molecule has 0 heterocycles. The molecule has 2 aromatic carbocycles. The third-order valence-electron chi connectivity index (χ3n) is 3.52. The topological polar surface area (TPSA) is 38.3 Å². The van der Waals surface area contributed by atoms with Gasteiger partial charge in [-0.05, 0) is 42.3 Å². The average molecular weight is 365 g/mol. The number of nitrogens with one attached hydrogen (secondary N) is 1. The highest BCUT2D eigenvalue weighted by Crippen LogP contribution is 2.16. The number of rotatable bonds is 9. The first-order valence-corrected chi connectivity index (χ1v) is 9.26. The summed E-state index contributed by atoms with van der Waals surface area (Å²) in [7, 11) is 0. The number of hydrogen-bond acceptors (Lipinski definition) is 3. The number of thioether (sulfide) groups is 1. The Morgan fingerprint density at radius 2 is 1.88 bits per heavy atom. The van der Waals surface area contributed by atoms with Crippen LogP contribution in [-0.2, 0) is 10.5 Å². The Bertz CT molecular complexity index is 679. The molecular formula is C19H21F2NO2S. The number of ether oxygens (including phenoxy) is 1. The highest BCUT2D eigenvalue weighted by Gasteiger charge is 2.17. The quantitative estimate of drug-likeness (QED) is 0.678. The summed E-state index contributed by atoms with van der Waals surface area (Å²) >= 11 is 1.55. The van der Waals surface area contributed by atoms with Gasteiger partial charge in [0.2, 0.25) is 0 Å². The van der Waals surface area contributed by atoms with Gasteiger partial charge in [-0.1, -0.05) is 25.1 Å². The Balaban J connectivity index is 1.71. The molecule has 6 heteroatoms. The van der Waals surface area contributed by atoms with E-state index in [0.717, 1.165) is 0 Å². The van der Waals surface area contributed by atoms with E-state index in [1.165, 1.54) is 30.3 Å². The molecule has 0 aromatic heterocycles. The fraction of sp³-hybridized carbons (Fsp3) is 0.316. The Kier molecular flexibility index (Phi) is 7.73. The van der Waals surface area contributed by atoms with Crippen molar-refractivity contribution < 1.29 is 18.3 Å². The van der Waals surface area contributed by atoms with Crippen LogP contribution < -0.4 is 10.1 Å². The fourth-order valence-corrected chi connectivity index (χ4v) is 3.00. The van der Waals surface area contributed by atoms with Gasteiger partial charge in [0.05, 0.1) is 0 Å². The van der Waals surface area contributed by atoms with Crippen LogP contribution in [0.2, 0.25) is 0 Å². The van der Waals surface area contributed by atoms with Gasteiger partial charge in [-0.15, -0.1) is 0 Å². The lowest BCUT2D eigenvalue weighted by Gasteiger charge is -2.17. The first kappa shape index (κ1) is 19.2. The predicted octanol–water partition coefficient (Wildman–Crippen LogP) is 4.17. The molecule has 0 bridgehead atoms. The van der Waals surface area contributed by atoms with Crippen LogP contribution in [0.4, 0.5) is 8.78 Å². The van der Waals surface area contributed by atoms with Gasteiger partial charge >= 0.3 is 0 Å². The van der Waals surface area contributed by atoms with Crippen molar-refractivity contribution in [2.75, 3.05) is 12.3 Å². The summed E-state index contributed by atoms with van der Waals surface area (Å²) < 4.78 is 32.0. The van der Waals surface area contributed by atoms with Crippen molar-refractivity contribution in [1.29, 1.82) is 0 Å². The normalized spacial score (nSPS) is 11.8. The molecule has 134 valence electrons. The van der Waals surface area contributed by atoms with Crippen LogP contribution in [0.1, 0.15) is 18.9 Å². The molecule has 0 aliphatic heterocycles. The van der Waals surface area contributed by atoms with Gasteiger partial charge in [-0.2, -0.15) is 11.8 Å². The third kappa shape index (κ3) is 6.38. The predicted molar refractivity (Wildman–Crippen MR) is 96.7 cm³/mol. The fourth-order valence-electron chi connectivity index (χ4n) is 2.16. The van der Waals surface area contributed by atoms with E-state index in [0.29, 0.717) is 35.8 Å². The maximum absolute atomic E-state index is 13.5. The first-order valence-electron chi connectivity index (χ1n) is 8.11. The molecule has 1 amide bonds. The Morgan fingerprint density at radius 1 is 1.16 bits per heavy atom. The molecule has 0 spiro atoms. The van der Waals surface area contributed by atoms with Gasteiger partial charge in [0, 0.05) is 18.1 Å². The maximum Gasteiger partial charge on any atom is 0.261 e. The van der Waals surface area contributed by atoms with Crippen LogP contribution in [-0.4, -0.2) is 24.3 Å². The summed E-state index contributed by atoms with van der Waals surface area (Å²) in [4.78, 5) is 12.2. The second-order valence-electron chi connectivity index (χ2n) is 5.40. The smallest absolute Gasteiger partial charge is 0.261 e. The lowest BCUT2D eigenvalue weighted by atomic mass is 10.2. The van der Waals surface area contributed by atoms with Gasteiger partial charge in [-0.3, -0.25) is 4.79 Å². The first-order chi connectivity index (χ1) is 12.1. The second kappa shape index (κ2) is 10.0. The third-order valence-corrected chi connectivity index (χ3v) is 4.52. The average Bonchev–Trinajstić information content (AvgIpc) is 2.62. The lowest BCUT2D eigenvalue weighted by Crippen LogP contribution is -2.39. The SMILES string of the molecule is CC[C@@H](Oc1ccc(F)cc1)C(=O)NCCSCc1ccccc1F. The molecule has 1 atom stereocenters. The van der Waals surface area contributed by atoms with Crippen LogP contribution in [0.5, 0.6) is 5.75 Å². The van der Waals surface area contributed by atoms with E-state index < -0.39 is 6.10 Å². The molecule has 0 aliphatic rings.